The van der Waals surface area contributed by atoms with Gasteiger partial charge in [0.15, 0.2) is 0 Å². The standard InChI is InChI=1S/C14H20N4S2/c1-4-15-14-16-12(18-5-6-19-8-9(18)2)11-7-10(3)20-13(11)17-14/h7,9H,4-6,8H2,1-3H3,(H,15,16,17). The fourth-order valence-electron chi connectivity index (χ4n) is 2.52. The van der Waals surface area contributed by atoms with Crippen molar-refractivity contribution in [2.24, 2.45) is 0 Å². The number of aromatic nitrogens is 2. The van der Waals surface area contributed by atoms with Crippen molar-refractivity contribution < 1.29 is 0 Å². The van der Waals surface area contributed by atoms with Gasteiger partial charge in [-0.3, -0.25) is 0 Å². The first-order valence-corrected chi connectivity index (χ1v) is 9.02. The molecule has 0 saturated carbocycles. The first-order valence-electron chi connectivity index (χ1n) is 7.05. The summed E-state index contributed by atoms with van der Waals surface area (Å²) in [6, 6.07) is 2.75. The van der Waals surface area contributed by atoms with Gasteiger partial charge in [-0.05, 0) is 26.8 Å². The molecule has 0 aromatic carbocycles. The summed E-state index contributed by atoms with van der Waals surface area (Å²) in [5.74, 6) is 4.20. The molecule has 0 spiro atoms. The first-order chi connectivity index (χ1) is 9.69. The lowest BCUT2D eigenvalue weighted by atomic mass is 10.2. The SMILES string of the molecule is CCNc1nc(N2CCSCC2C)c2cc(C)sc2n1. The van der Waals surface area contributed by atoms with E-state index in [1.54, 1.807) is 11.3 Å². The minimum Gasteiger partial charge on any atom is -0.354 e. The van der Waals surface area contributed by atoms with Crippen LogP contribution in [0, 0.1) is 6.92 Å². The number of rotatable bonds is 3. The zero-order valence-corrected chi connectivity index (χ0v) is 13.8. The van der Waals surface area contributed by atoms with E-state index in [-0.39, 0.29) is 0 Å². The number of anilines is 2. The van der Waals surface area contributed by atoms with Crippen LogP contribution in [0.4, 0.5) is 11.8 Å². The summed E-state index contributed by atoms with van der Waals surface area (Å²) < 4.78 is 0. The third-order valence-corrected chi connectivity index (χ3v) is 5.60. The highest BCUT2D eigenvalue weighted by atomic mass is 32.2. The molecule has 3 rings (SSSR count). The van der Waals surface area contributed by atoms with Crippen LogP contribution in [0.3, 0.4) is 0 Å². The van der Waals surface area contributed by atoms with E-state index in [9.17, 15) is 0 Å². The van der Waals surface area contributed by atoms with Gasteiger partial charge in [0.2, 0.25) is 5.95 Å². The molecule has 4 nitrogen and oxygen atoms in total. The van der Waals surface area contributed by atoms with Crippen molar-refractivity contribution in [1.82, 2.24) is 9.97 Å². The topological polar surface area (TPSA) is 41.1 Å². The Morgan fingerprint density at radius 2 is 2.30 bits per heavy atom. The van der Waals surface area contributed by atoms with Gasteiger partial charge in [-0.25, -0.2) is 4.98 Å². The van der Waals surface area contributed by atoms with E-state index in [0.717, 1.165) is 29.7 Å². The van der Waals surface area contributed by atoms with Gasteiger partial charge in [-0.2, -0.15) is 16.7 Å². The predicted octanol–water partition coefficient (Wildman–Crippen LogP) is 3.37. The van der Waals surface area contributed by atoms with Gasteiger partial charge in [0.25, 0.3) is 0 Å². The Kier molecular flexibility index (Phi) is 4.03. The van der Waals surface area contributed by atoms with E-state index in [1.165, 1.54) is 21.8 Å². The molecule has 0 amide bonds. The summed E-state index contributed by atoms with van der Waals surface area (Å²) in [5.41, 5.74) is 0. The summed E-state index contributed by atoms with van der Waals surface area (Å²) in [4.78, 5) is 14.2. The van der Waals surface area contributed by atoms with Crippen LogP contribution in [0.2, 0.25) is 0 Å². The fraction of sp³-hybridized carbons (Fsp3) is 0.571. The minimum atomic E-state index is 0.529. The smallest absolute Gasteiger partial charge is 0.226 e. The molecule has 2 aromatic heterocycles. The summed E-state index contributed by atoms with van der Waals surface area (Å²) in [5, 5.41) is 4.46. The van der Waals surface area contributed by atoms with Crippen LogP contribution in [-0.4, -0.2) is 40.6 Å². The highest BCUT2D eigenvalue weighted by Crippen LogP contribution is 2.34. The van der Waals surface area contributed by atoms with E-state index in [1.807, 2.05) is 11.8 Å². The third-order valence-electron chi connectivity index (χ3n) is 3.47. The summed E-state index contributed by atoms with van der Waals surface area (Å²) >= 11 is 3.78. The number of nitrogens with one attached hydrogen (secondary N) is 1. The van der Waals surface area contributed by atoms with Crippen molar-refractivity contribution in [1.29, 1.82) is 0 Å². The summed E-state index contributed by atoms with van der Waals surface area (Å²) in [6.07, 6.45) is 0. The van der Waals surface area contributed by atoms with Gasteiger partial charge in [-0.15, -0.1) is 11.3 Å². The number of thiophene rings is 1. The van der Waals surface area contributed by atoms with Gasteiger partial charge in [0.05, 0.1) is 5.39 Å². The Labute approximate surface area is 128 Å². The molecule has 1 N–H and O–H groups in total. The number of aryl methyl sites for hydroxylation is 1. The quantitative estimate of drug-likeness (QED) is 0.941. The van der Waals surface area contributed by atoms with E-state index in [4.69, 9.17) is 4.98 Å². The second-order valence-corrected chi connectivity index (χ2v) is 7.48. The lowest BCUT2D eigenvalue weighted by Crippen LogP contribution is -2.41. The van der Waals surface area contributed by atoms with Crippen molar-refractivity contribution in [2.45, 2.75) is 26.8 Å². The van der Waals surface area contributed by atoms with E-state index in [2.05, 4.69) is 42.0 Å². The van der Waals surface area contributed by atoms with Crippen LogP contribution in [-0.2, 0) is 0 Å². The molecule has 1 fully saturated rings. The van der Waals surface area contributed by atoms with Crippen LogP contribution in [0.25, 0.3) is 10.2 Å². The average Bonchev–Trinajstić information content (AvgIpc) is 2.79. The highest BCUT2D eigenvalue weighted by molar-refractivity contribution is 7.99. The molecule has 1 unspecified atom stereocenters. The van der Waals surface area contributed by atoms with Crippen LogP contribution in [0.15, 0.2) is 6.07 Å². The van der Waals surface area contributed by atoms with Crippen LogP contribution in [0.5, 0.6) is 0 Å². The van der Waals surface area contributed by atoms with Crippen molar-refractivity contribution >= 4 is 45.1 Å². The monoisotopic (exact) mass is 308 g/mol. The van der Waals surface area contributed by atoms with Gasteiger partial charge < -0.3 is 10.2 Å². The molecular formula is C14H20N4S2. The second-order valence-electron chi connectivity index (χ2n) is 5.09. The molecule has 1 aliphatic rings. The van der Waals surface area contributed by atoms with Gasteiger partial charge >= 0.3 is 0 Å². The molecule has 20 heavy (non-hydrogen) atoms. The van der Waals surface area contributed by atoms with Crippen molar-refractivity contribution in [3.8, 4) is 0 Å². The molecule has 2 aromatic rings. The van der Waals surface area contributed by atoms with E-state index < -0.39 is 0 Å². The first kappa shape index (κ1) is 13.9. The van der Waals surface area contributed by atoms with Crippen molar-refractivity contribution in [3.05, 3.63) is 10.9 Å². The minimum absolute atomic E-state index is 0.529. The Morgan fingerprint density at radius 3 is 3.05 bits per heavy atom. The van der Waals surface area contributed by atoms with E-state index in [0.29, 0.717) is 6.04 Å². The molecule has 0 bridgehead atoms. The molecule has 6 heteroatoms. The predicted molar refractivity (Wildman–Crippen MR) is 90.4 cm³/mol. The second kappa shape index (κ2) is 5.77. The molecule has 1 atom stereocenters. The number of hydrogen-bond donors (Lipinski definition) is 1. The summed E-state index contributed by atoms with van der Waals surface area (Å²) in [6.45, 7) is 8.41. The largest absolute Gasteiger partial charge is 0.354 e. The molecule has 0 aliphatic carbocycles. The number of fused-ring (bicyclic) bond motifs is 1. The average molecular weight is 308 g/mol. The maximum atomic E-state index is 4.78. The zero-order valence-electron chi connectivity index (χ0n) is 12.1. The number of nitrogens with zero attached hydrogens (tertiary/aromatic N) is 3. The van der Waals surface area contributed by atoms with Gasteiger partial charge in [-0.1, -0.05) is 0 Å². The maximum absolute atomic E-state index is 4.78. The van der Waals surface area contributed by atoms with Crippen LogP contribution < -0.4 is 10.2 Å². The molecule has 1 aliphatic heterocycles. The normalized spacial score (nSPS) is 19.6. The molecule has 1 saturated heterocycles. The van der Waals surface area contributed by atoms with Gasteiger partial charge in [0.1, 0.15) is 10.6 Å². The van der Waals surface area contributed by atoms with E-state index >= 15 is 0 Å². The highest BCUT2D eigenvalue weighted by Gasteiger charge is 2.23. The molecule has 0 radical (unpaired) electrons. The lowest BCUT2D eigenvalue weighted by Gasteiger charge is -2.34. The fourth-order valence-corrected chi connectivity index (χ4v) is 4.41. The molecule has 3 heterocycles. The van der Waals surface area contributed by atoms with Crippen LogP contribution in [0.1, 0.15) is 18.7 Å². The Balaban J connectivity index is 2.10. The van der Waals surface area contributed by atoms with Gasteiger partial charge in [0, 0.05) is 35.5 Å². The third kappa shape index (κ3) is 2.59. The zero-order chi connectivity index (χ0) is 14.1. The Morgan fingerprint density at radius 1 is 1.45 bits per heavy atom. The van der Waals surface area contributed by atoms with Crippen molar-refractivity contribution in [3.63, 3.8) is 0 Å². The Hall–Kier alpha value is -1.01. The molecule has 108 valence electrons. The Bertz CT molecular complexity index is 610. The summed E-state index contributed by atoms with van der Waals surface area (Å²) in [7, 11) is 0. The van der Waals surface area contributed by atoms with Crippen molar-refractivity contribution in [2.75, 3.05) is 34.8 Å². The lowest BCUT2D eigenvalue weighted by molar-refractivity contribution is 0.692. The molecular weight excluding hydrogens is 288 g/mol. The maximum Gasteiger partial charge on any atom is 0.226 e. The number of thioether (sulfide) groups is 1. The van der Waals surface area contributed by atoms with Crippen LogP contribution >= 0.6 is 23.1 Å². The number of hydrogen-bond acceptors (Lipinski definition) is 6.